The van der Waals surface area contributed by atoms with Gasteiger partial charge < -0.3 is 4.74 Å². The van der Waals surface area contributed by atoms with E-state index in [-0.39, 0.29) is 11.0 Å². The molecule has 53 heavy (non-hydrogen) atoms. The second-order valence-corrected chi connectivity index (χ2v) is 17.5. The van der Waals surface area contributed by atoms with E-state index < -0.39 is 29.6 Å². The van der Waals surface area contributed by atoms with Gasteiger partial charge in [0.2, 0.25) is 0 Å². The first-order chi connectivity index (χ1) is 25.7. The van der Waals surface area contributed by atoms with Crippen LogP contribution in [0, 0.1) is 0 Å². The summed E-state index contributed by atoms with van der Waals surface area (Å²) in [7, 11) is -4.37. The molecule has 1 rings (SSSR count). The van der Waals surface area contributed by atoms with E-state index in [4.69, 9.17) is 11.7 Å². The molecule has 0 unspecified atom stereocenters. The summed E-state index contributed by atoms with van der Waals surface area (Å²) in [6, 6.07) is 1.68. The molecule has 311 valence electrons. The molecule has 2 N–H and O–H groups in total. The zero-order valence-corrected chi connectivity index (χ0v) is 37.8. The molecule has 0 aliphatic rings. The van der Waals surface area contributed by atoms with Gasteiger partial charge in [0.25, 0.3) is 10.1 Å². The fourth-order valence-electron chi connectivity index (χ4n) is 7.58. The SMILES string of the molecule is CCCCCCCCCCCCc1c(OC(C)C)cc(S(=O)(=O)O)c(CCCCCCCCCCCC)c1CCCCCCCCCCCC.[O]=[Ti][OH]. The van der Waals surface area contributed by atoms with Crippen LogP contribution < -0.4 is 4.74 Å². The van der Waals surface area contributed by atoms with Crippen LogP contribution in [-0.2, 0) is 52.2 Å². The van der Waals surface area contributed by atoms with Crippen molar-refractivity contribution >= 4 is 10.1 Å². The summed E-state index contributed by atoms with van der Waals surface area (Å²) >= 11 is -1.75. The second-order valence-electron chi connectivity index (χ2n) is 15.8. The zero-order valence-electron chi connectivity index (χ0n) is 35.4. The zero-order chi connectivity index (χ0) is 39.4. The van der Waals surface area contributed by atoms with E-state index in [1.165, 1.54) is 178 Å². The van der Waals surface area contributed by atoms with Crippen LogP contribution in [0.15, 0.2) is 11.0 Å². The molecule has 0 amide bonds. The van der Waals surface area contributed by atoms with Crippen molar-refractivity contribution in [3.63, 3.8) is 0 Å². The molecule has 0 saturated heterocycles. The van der Waals surface area contributed by atoms with Crippen molar-refractivity contribution in [1.29, 1.82) is 0 Å². The molecule has 0 aliphatic carbocycles. The van der Waals surface area contributed by atoms with Crippen molar-refractivity contribution in [1.82, 2.24) is 0 Å². The molecule has 0 heterocycles. The van der Waals surface area contributed by atoms with Gasteiger partial charge in [0, 0.05) is 6.07 Å². The summed E-state index contributed by atoms with van der Waals surface area (Å²) in [5.41, 5.74) is 3.26. The van der Waals surface area contributed by atoms with Crippen LogP contribution in [0.5, 0.6) is 5.75 Å². The van der Waals surface area contributed by atoms with E-state index in [2.05, 4.69) is 20.8 Å². The summed E-state index contributed by atoms with van der Waals surface area (Å²) in [6.07, 6.45) is 40.7. The van der Waals surface area contributed by atoms with Crippen molar-refractivity contribution in [2.75, 3.05) is 0 Å². The Hall–Kier alpha value is -0.596. The normalized spacial score (nSPS) is 11.5. The average Bonchev–Trinajstić information content (AvgIpc) is 3.11. The summed E-state index contributed by atoms with van der Waals surface area (Å²) in [4.78, 5) is 0.0953. The molecule has 0 atom stereocenters. The number of rotatable bonds is 36. The van der Waals surface area contributed by atoms with Gasteiger partial charge in [0.1, 0.15) is 10.6 Å². The third-order valence-corrected chi connectivity index (χ3v) is 11.5. The quantitative estimate of drug-likeness (QED) is 0.0398. The number of unbranched alkanes of at least 4 members (excludes halogenated alkanes) is 27. The van der Waals surface area contributed by atoms with Crippen molar-refractivity contribution < 1.29 is 44.2 Å². The molecule has 1 aromatic rings. The Balaban J connectivity index is 0.00000869. The summed E-state index contributed by atoms with van der Waals surface area (Å²) in [5, 5.41) is 0. The number of hydrogen-bond donors (Lipinski definition) is 2. The summed E-state index contributed by atoms with van der Waals surface area (Å²) in [6.45, 7) is 10.8. The third kappa shape index (κ3) is 29.3. The van der Waals surface area contributed by atoms with Gasteiger partial charge in [0.05, 0.1) is 6.10 Å². The van der Waals surface area contributed by atoms with E-state index in [1.807, 2.05) is 13.8 Å². The van der Waals surface area contributed by atoms with Crippen molar-refractivity contribution in [2.45, 2.75) is 258 Å². The Labute approximate surface area is 338 Å². The van der Waals surface area contributed by atoms with Gasteiger partial charge in [-0.25, -0.2) is 0 Å². The standard InChI is InChI=1S/C45H84O4S.H2O.O.Ti/c1-6-9-12-15-18-21-24-27-30-33-36-41-42(37-34-31-28-25-22-19-16-13-10-7-2)44(49-40(4)5)39-45(50(46,47)48)43(41)38-35-32-29-26-23-20-17-14-11-8-3;;;/h39-40H,6-38H2,1-5H3,(H,46,47,48);1H2;;/q;;;+1/p-1. The Bertz CT molecular complexity index is 1090. The number of benzene rings is 1. The van der Waals surface area contributed by atoms with Crippen LogP contribution in [0.2, 0.25) is 0 Å². The van der Waals surface area contributed by atoms with E-state index in [9.17, 15) is 13.0 Å². The molecule has 1 aromatic carbocycles. The van der Waals surface area contributed by atoms with Crippen molar-refractivity contribution in [2.24, 2.45) is 0 Å². The molecule has 0 fully saturated rings. The van der Waals surface area contributed by atoms with Gasteiger partial charge in [-0.15, -0.1) is 0 Å². The maximum absolute atomic E-state index is 12.9. The van der Waals surface area contributed by atoms with E-state index >= 15 is 0 Å². The van der Waals surface area contributed by atoms with Crippen LogP contribution in [0.3, 0.4) is 0 Å². The van der Waals surface area contributed by atoms with E-state index in [0.29, 0.717) is 12.2 Å². The fraction of sp³-hybridized carbons (Fsp3) is 0.867. The molecule has 0 saturated carbocycles. The van der Waals surface area contributed by atoms with Gasteiger partial charge in [-0.1, -0.05) is 194 Å². The van der Waals surface area contributed by atoms with E-state index in [0.717, 1.165) is 44.1 Å². The molecule has 0 bridgehead atoms. The van der Waals surface area contributed by atoms with Gasteiger partial charge in [-0.2, -0.15) is 8.42 Å². The first-order valence-corrected chi connectivity index (χ1v) is 25.3. The molecule has 0 radical (unpaired) electrons. The minimum absolute atomic E-state index is 0.0614. The Kier molecular flexibility index (Phi) is 36.6. The predicted octanol–water partition coefficient (Wildman–Crippen LogP) is 14.4. The fourth-order valence-corrected chi connectivity index (χ4v) is 8.37. The van der Waals surface area contributed by atoms with Gasteiger partial charge in [-0.3, -0.25) is 4.55 Å². The van der Waals surface area contributed by atoms with Crippen LogP contribution in [-0.4, -0.2) is 22.8 Å². The van der Waals surface area contributed by atoms with Crippen molar-refractivity contribution in [3.8, 4) is 5.75 Å². The van der Waals surface area contributed by atoms with E-state index in [1.54, 1.807) is 6.07 Å². The predicted molar refractivity (Wildman–Crippen MR) is 222 cm³/mol. The first-order valence-electron chi connectivity index (χ1n) is 22.5. The third-order valence-electron chi connectivity index (χ3n) is 10.6. The average molecular weight is 802 g/mol. The van der Waals surface area contributed by atoms with Gasteiger partial charge in [-0.05, 0) is 69.1 Å². The molecular formula is C45H85O6STi. The number of ether oxygens (including phenoxy) is 1. The van der Waals surface area contributed by atoms with Gasteiger partial charge in [0.15, 0.2) is 0 Å². The Morgan fingerprint density at radius 2 is 0.774 bits per heavy atom. The molecule has 6 nitrogen and oxygen atoms in total. The Morgan fingerprint density at radius 1 is 0.509 bits per heavy atom. The number of hydrogen-bond acceptors (Lipinski definition) is 4. The van der Waals surface area contributed by atoms with Crippen LogP contribution in [0.1, 0.15) is 244 Å². The van der Waals surface area contributed by atoms with Crippen molar-refractivity contribution in [3.05, 3.63) is 22.8 Å². The first kappa shape index (κ1) is 52.4. The van der Waals surface area contributed by atoms with Gasteiger partial charge >= 0.3 is 26.5 Å². The maximum atomic E-state index is 12.9. The van der Waals surface area contributed by atoms with Crippen LogP contribution in [0.25, 0.3) is 0 Å². The minimum atomic E-state index is -4.37. The monoisotopic (exact) mass is 802 g/mol. The molecule has 0 aromatic heterocycles. The molecule has 0 spiro atoms. The molecule has 8 heteroatoms. The topological polar surface area (TPSA) is 101 Å². The molecule has 0 aliphatic heterocycles. The molecular weight excluding hydrogens is 716 g/mol. The second kappa shape index (κ2) is 37.0. The van der Waals surface area contributed by atoms with Crippen LogP contribution in [0.4, 0.5) is 0 Å². The summed E-state index contributed by atoms with van der Waals surface area (Å²) in [5.74, 6) is 0.678. The van der Waals surface area contributed by atoms with Crippen LogP contribution >= 0.6 is 0 Å². The summed E-state index contributed by atoms with van der Waals surface area (Å²) < 4.78 is 58.5. The Morgan fingerprint density at radius 3 is 1.06 bits per heavy atom.